The van der Waals surface area contributed by atoms with E-state index in [1.54, 1.807) is 12.1 Å². The van der Waals surface area contributed by atoms with Gasteiger partial charge in [-0.1, -0.05) is 48.0 Å². The van der Waals surface area contributed by atoms with Crippen molar-refractivity contribution in [1.82, 2.24) is 4.72 Å². The normalized spacial score (nSPS) is 12.2. The first-order valence-electron chi connectivity index (χ1n) is 8.02. The largest absolute Gasteiger partial charge is 0.495 e. The smallest absolute Gasteiger partial charge is 0.244 e. The van der Waals surface area contributed by atoms with Gasteiger partial charge in [0.15, 0.2) is 0 Å². The summed E-state index contributed by atoms with van der Waals surface area (Å²) in [4.78, 5) is 0.175. The van der Waals surface area contributed by atoms with Crippen LogP contribution in [0.4, 0.5) is 0 Å². The van der Waals surface area contributed by atoms with Gasteiger partial charge in [0.05, 0.1) is 7.11 Å². The van der Waals surface area contributed by atoms with E-state index in [-0.39, 0.29) is 10.3 Å². The summed E-state index contributed by atoms with van der Waals surface area (Å²) in [7, 11) is -2.17. The molecule has 0 heterocycles. The highest BCUT2D eigenvalue weighted by molar-refractivity contribution is 9.10. The van der Waals surface area contributed by atoms with Crippen LogP contribution in [0.2, 0.25) is 0 Å². The van der Waals surface area contributed by atoms with E-state index in [0.717, 1.165) is 16.5 Å². The summed E-state index contributed by atoms with van der Waals surface area (Å²) in [5.41, 5.74) is 1.81. The van der Waals surface area contributed by atoms with Gasteiger partial charge in [-0.05, 0) is 54.2 Å². The van der Waals surface area contributed by atoms with E-state index in [0.29, 0.717) is 12.3 Å². The van der Waals surface area contributed by atoms with E-state index in [4.69, 9.17) is 4.74 Å². The van der Waals surface area contributed by atoms with Gasteiger partial charge < -0.3 is 4.74 Å². The highest BCUT2D eigenvalue weighted by Crippen LogP contribution is 2.27. The third-order valence-corrected chi connectivity index (χ3v) is 5.90. The minimum Gasteiger partial charge on any atom is -0.495 e. The lowest BCUT2D eigenvalue weighted by atomic mass is 9.86. The van der Waals surface area contributed by atoms with E-state index >= 15 is 0 Å². The van der Waals surface area contributed by atoms with Crippen molar-refractivity contribution in [2.45, 2.75) is 32.1 Å². The fraction of sp³-hybridized carbons (Fsp3) is 0.368. The molecule has 0 saturated carbocycles. The number of halogens is 1. The Hall–Kier alpha value is -1.37. The molecule has 0 saturated heterocycles. The predicted octanol–water partition coefficient (Wildman–Crippen LogP) is 4.31. The molecule has 0 atom stereocenters. The number of nitrogens with one attached hydrogen (secondary N) is 1. The van der Waals surface area contributed by atoms with Crippen LogP contribution < -0.4 is 9.46 Å². The number of sulfonamides is 1. The van der Waals surface area contributed by atoms with Crippen molar-refractivity contribution < 1.29 is 13.2 Å². The molecular formula is C19H24BrNO3S. The topological polar surface area (TPSA) is 55.4 Å². The van der Waals surface area contributed by atoms with Crippen LogP contribution in [-0.2, 0) is 16.4 Å². The zero-order valence-corrected chi connectivity index (χ0v) is 17.4. The van der Waals surface area contributed by atoms with Crippen molar-refractivity contribution in [2.24, 2.45) is 5.41 Å². The van der Waals surface area contributed by atoms with Gasteiger partial charge in [0.1, 0.15) is 10.6 Å². The maximum atomic E-state index is 12.7. The second-order valence-corrected chi connectivity index (χ2v) is 9.60. The molecule has 0 radical (unpaired) electrons. The lowest BCUT2D eigenvalue weighted by Crippen LogP contribution is -2.35. The number of ether oxygens (including phenoxy) is 1. The molecule has 0 bridgehead atoms. The van der Waals surface area contributed by atoms with Crippen LogP contribution in [0.25, 0.3) is 0 Å². The van der Waals surface area contributed by atoms with Crippen molar-refractivity contribution in [3.8, 4) is 5.75 Å². The summed E-state index contributed by atoms with van der Waals surface area (Å²) >= 11 is 3.42. The molecule has 6 heteroatoms. The number of hydrogen-bond acceptors (Lipinski definition) is 3. The number of rotatable bonds is 7. The maximum Gasteiger partial charge on any atom is 0.244 e. The summed E-state index contributed by atoms with van der Waals surface area (Å²) in [5, 5.41) is 0. The molecule has 2 aromatic carbocycles. The fourth-order valence-electron chi connectivity index (χ4n) is 2.58. The molecule has 2 aromatic rings. The Kier molecular flexibility index (Phi) is 6.30. The summed E-state index contributed by atoms with van der Waals surface area (Å²) in [5.74, 6) is 0.351. The van der Waals surface area contributed by atoms with Crippen LogP contribution in [0.15, 0.2) is 51.8 Å². The molecule has 0 aliphatic rings. The van der Waals surface area contributed by atoms with E-state index < -0.39 is 10.0 Å². The fourth-order valence-corrected chi connectivity index (χ4v) is 4.34. The standard InChI is InChI=1S/C19H24BrNO3S/c1-14-5-10-17(24-4)18(11-14)25(22,23)21-13-19(2,3)12-15-6-8-16(20)9-7-15/h5-11,21H,12-13H2,1-4H3. The van der Waals surface area contributed by atoms with Gasteiger partial charge in [0, 0.05) is 11.0 Å². The third-order valence-electron chi connectivity index (χ3n) is 3.95. The van der Waals surface area contributed by atoms with Crippen LogP contribution in [0.5, 0.6) is 5.75 Å². The minimum absolute atomic E-state index is 0.175. The zero-order valence-electron chi connectivity index (χ0n) is 15.0. The van der Waals surface area contributed by atoms with Crippen LogP contribution in [-0.4, -0.2) is 22.1 Å². The van der Waals surface area contributed by atoms with Gasteiger partial charge in [-0.3, -0.25) is 0 Å². The van der Waals surface area contributed by atoms with Crippen molar-refractivity contribution in [2.75, 3.05) is 13.7 Å². The highest BCUT2D eigenvalue weighted by Gasteiger charge is 2.25. The quantitative estimate of drug-likeness (QED) is 0.718. The van der Waals surface area contributed by atoms with Gasteiger partial charge in [-0.25, -0.2) is 13.1 Å². The average molecular weight is 426 g/mol. The Labute approximate surface area is 158 Å². The van der Waals surface area contributed by atoms with E-state index in [9.17, 15) is 8.42 Å². The lowest BCUT2D eigenvalue weighted by molar-refractivity contribution is 0.360. The Bertz CT molecular complexity index is 830. The van der Waals surface area contributed by atoms with Crippen LogP contribution >= 0.6 is 15.9 Å². The molecule has 0 amide bonds. The van der Waals surface area contributed by atoms with Gasteiger partial charge in [-0.15, -0.1) is 0 Å². The van der Waals surface area contributed by atoms with E-state index in [2.05, 4.69) is 20.7 Å². The molecule has 0 fully saturated rings. The van der Waals surface area contributed by atoms with Gasteiger partial charge in [-0.2, -0.15) is 0 Å². The average Bonchev–Trinajstić information content (AvgIpc) is 2.55. The molecule has 0 unspecified atom stereocenters. The van der Waals surface area contributed by atoms with Crippen molar-refractivity contribution in [3.05, 3.63) is 58.1 Å². The van der Waals surface area contributed by atoms with Gasteiger partial charge in [0.25, 0.3) is 0 Å². The summed E-state index contributed by atoms with van der Waals surface area (Å²) < 4.78 is 34.4. The summed E-state index contributed by atoms with van der Waals surface area (Å²) in [6.07, 6.45) is 0.772. The van der Waals surface area contributed by atoms with Crippen molar-refractivity contribution in [1.29, 1.82) is 0 Å². The number of aryl methyl sites for hydroxylation is 1. The Balaban J connectivity index is 2.13. The summed E-state index contributed by atoms with van der Waals surface area (Å²) in [6.45, 7) is 6.29. The Morgan fingerprint density at radius 2 is 1.76 bits per heavy atom. The molecule has 0 spiro atoms. The highest BCUT2D eigenvalue weighted by atomic mass is 79.9. The molecule has 2 rings (SSSR count). The number of methoxy groups -OCH3 is 1. The van der Waals surface area contributed by atoms with Crippen molar-refractivity contribution in [3.63, 3.8) is 0 Å². The third kappa shape index (κ3) is 5.56. The first-order chi connectivity index (χ1) is 11.6. The molecule has 136 valence electrons. The zero-order chi connectivity index (χ0) is 18.7. The Morgan fingerprint density at radius 3 is 2.36 bits per heavy atom. The summed E-state index contributed by atoms with van der Waals surface area (Å²) in [6, 6.07) is 13.2. The number of hydrogen-bond donors (Lipinski definition) is 1. The Morgan fingerprint density at radius 1 is 1.12 bits per heavy atom. The molecule has 25 heavy (non-hydrogen) atoms. The first kappa shape index (κ1) is 19.9. The molecule has 1 N–H and O–H groups in total. The first-order valence-corrected chi connectivity index (χ1v) is 10.3. The molecule has 0 aliphatic carbocycles. The van der Waals surface area contributed by atoms with Gasteiger partial charge >= 0.3 is 0 Å². The monoisotopic (exact) mass is 425 g/mol. The van der Waals surface area contributed by atoms with E-state index in [1.165, 1.54) is 12.7 Å². The van der Waals surface area contributed by atoms with E-state index in [1.807, 2.05) is 51.1 Å². The van der Waals surface area contributed by atoms with Crippen LogP contribution in [0.3, 0.4) is 0 Å². The molecular weight excluding hydrogens is 402 g/mol. The SMILES string of the molecule is COc1ccc(C)cc1S(=O)(=O)NCC(C)(C)Cc1ccc(Br)cc1. The van der Waals surface area contributed by atoms with Crippen LogP contribution in [0, 0.1) is 12.3 Å². The molecule has 4 nitrogen and oxygen atoms in total. The molecule has 0 aliphatic heterocycles. The second-order valence-electron chi connectivity index (χ2n) is 6.95. The predicted molar refractivity (Wildman–Crippen MR) is 105 cm³/mol. The van der Waals surface area contributed by atoms with Crippen molar-refractivity contribution >= 4 is 26.0 Å². The maximum absolute atomic E-state index is 12.7. The molecule has 0 aromatic heterocycles. The minimum atomic E-state index is -3.64. The lowest BCUT2D eigenvalue weighted by Gasteiger charge is -2.25. The van der Waals surface area contributed by atoms with Crippen LogP contribution in [0.1, 0.15) is 25.0 Å². The number of benzene rings is 2. The van der Waals surface area contributed by atoms with Gasteiger partial charge in [0.2, 0.25) is 10.0 Å². The second kappa shape index (κ2) is 7.89.